The van der Waals surface area contributed by atoms with Crippen LogP contribution in [0, 0.1) is 0 Å². The molecule has 0 radical (unpaired) electrons. The summed E-state index contributed by atoms with van der Waals surface area (Å²) in [5.41, 5.74) is -0.191. The van der Waals surface area contributed by atoms with Crippen LogP contribution < -0.4 is 0 Å². The van der Waals surface area contributed by atoms with Crippen molar-refractivity contribution in [2.75, 3.05) is 95.8 Å². The van der Waals surface area contributed by atoms with E-state index >= 15 is 0 Å². The van der Waals surface area contributed by atoms with Gasteiger partial charge >= 0.3 is 0 Å². The van der Waals surface area contributed by atoms with Crippen LogP contribution in [0.5, 0.6) is 0 Å². The van der Waals surface area contributed by atoms with Gasteiger partial charge in [0.25, 0.3) is 0 Å². The summed E-state index contributed by atoms with van der Waals surface area (Å²) in [7, 11) is 17.1. The summed E-state index contributed by atoms with van der Waals surface area (Å²) in [6.07, 6.45) is 6.52. The lowest BCUT2D eigenvalue weighted by molar-refractivity contribution is -0.159. The van der Waals surface area contributed by atoms with E-state index in [2.05, 4.69) is 96.8 Å². The Bertz CT molecular complexity index is 417. The van der Waals surface area contributed by atoms with E-state index < -0.39 is 0 Å². The molecule has 0 aromatic carbocycles. The third-order valence-electron chi connectivity index (χ3n) is 6.10. The van der Waals surface area contributed by atoms with Crippen molar-refractivity contribution in [2.45, 2.75) is 90.6 Å². The van der Waals surface area contributed by atoms with Gasteiger partial charge in [0, 0.05) is 39.4 Å². The van der Waals surface area contributed by atoms with Crippen molar-refractivity contribution in [1.82, 2.24) is 19.6 Å². The molecule has 7 nitrogen and oxygen atoms in total. The molecule has 0 fully saturated rings. The highest BCUT2D eigenvalue weighted by molar-refractivity contribution is 4.86. The lowest BCUT2D eigenvalue weighted by atomic mass is 9.91. The largest absolute Gasteiger partial charge is 0.369 e. The monoisotopic (exact) mass is 504 g/mol. The summed E-state index contributed by atoms with van der Waals surface area (Å²) >= 11 is 0. The normalized spacial score (nSPS) is 13.6. The van der Waals surface area contributed by atoms with Gasteiger partial charge in [-0.25, -0.2) is 0 Å². The maximum absolute atomic E-state index is 6.92. The fraction of sp³-hybridized carbons (Fsp3) is 1.00. The van der Waals surface area contributed by atoms with E-state index in [1.165, 1.54) is 6.42 Å². The average molecular weight is 505 g/mol. The first-order chi connectivity index (χ1) is 16.2. The van der Waals surface area contributed by atoms with Gasteiger partial charge in [0.15, 0.2) is 6.29 Å². The third kappa shape index (κ3) is 23.8. The summed E-state index contributed by atoms with van der Waals surface area (Å²) < 4.78 is 17.4. The Morgan fingerprint density at radius 3 is 1.20 bits per heavy atom. The van der Waals surface area contributed by atoms with Crippen LogP contribution in [0.4, 0.5) is 0 Å². The molecular weight excluding hydrogens is 440 g/mol. The van der Waals surface area contributed by atoms with E-state index in [4.69, 9.17) is 14.2 Å². The number of ether oxygens (including phenoxy) is 3. The topological polar surface area (TPSA) is 40.7 Å². The van der Waals surface area contributed by atoms with E-state index in [9.17, 15) is 0 Å². The van der Waals surface area contributed by atoms with E-state index in [0.717, 1.165) is 71.5 Å². The molecule has 1 atom stereocenters. The van der Waals surface area contributed by atoms with Gasteiger partial charge in [0.05, 0.1) is 11.2 Å². The Balaban J connectivity index is 0. The predicted molar refractivity (Wildman–Crippen MR) is 153 cm³/mol. The van der Waals surface area contributed by atoms with Crippen LogP contribution in [0.2, 0.25) is 0 Å². The molecule has 0 aliphatic rings. The van der Waals surface area contributed by atoms with Gasteiger partial charge < -0.3 is 33.8 Å². The van der Waals surface area contributed by atoms with Crippen LogP contribution in [0.1, 0.15) is 73.1 Å². The minimum atomic E-state index is -0.0953. The zero-order chi connectivity index (χ0) is 27.5. The second kappa shape index (κ2) is 20.7. The van der Waals surface area contributed by atoms with Crippen molar-refractivity contribution < 1.29 is 14.2 Å². The highest BCUT2D eigenvalue weighted by atomic mass is 16.7. The molecule has 0 aromatic rings. The Hall–Kier alpha value is -0.280. The highest BCUT2D eigenvalue weighted by Gasteiger charge is 2.35. The third-order valence-corrected chi connectivity index (χ3v) is 6.10. The highest BCUT2D eigenvalue weighted by Crippen LogP contribution is 2.32. The van der Waals surface area contributed by atoms with E-state index in [1.54, 1.807) is 0 Å². The lowest BCUT2D eigenvalue weighted by Gasteiger charge is -2.43. The van der Waals surface area contributed by atoms with Crippen LogP contribution in [0.15, 0.2) is 0 Å². The zero-order valence-corrected chi connectivity index (χ0v) is 26.1. The van der Waals surface area contributed by atoms with Gasteiger partial charge in [-0.3, -0.25) is 0 Å². The Morgan fingerprint density at radius 2 is 0.943 bits per heavy atom. The molecule has 0 heterocycles. The van der Waals surface area contributed by atoms with Crippen molar-refractivity contribution in [1.29, 1.82) is 0 Å². The van der Waals surface area contributed by atoms with Crippen LogP contribution in [-0.2, 0) is 14.2 Å². The van der Waals surface area contributed by atoms with Crippen LogP contribution in [0.25, 0.3) is 0 Å². The van der Waals surface area contributed by atoms with Crippen molar-refractivity contribution in [3.05, 3.63) is 0 Å². The van der Waals surface area contributed by atoms with Crippen LogP contribution >= 0.6 is 0 Å². The summed E-state index contributed by atoms with van der Waals surface area (Å²) in [6.45, 7) is 16.4. The summed E-state index contributed by atoms with van der Waals surface area (Å²) in [5.74, 6) is 0. The first kappa shape index (κ1) is 36.9. The quantitative estimate of drug-likeness (QED) is 0.178. The molecule has 0 saturated carbocycles. The van der Waals surface area contributed by atoms with Crippen molar-refractivity contribution in [3.8, 4) is 0 Å². The molecule has 7 heteroatoms. The molecule has 0 bridgehead atoms. The predicted octanol–water partition coefficient (Wildman–Crippen LogP) is 4.51. The molecule has 214 valence electrons. The molecule has 0 saturated heterocycles. The number of hydrogen-bond donors (Lipinski definition) is 0. The summed E-state index contributed by atoms with van der Waals surface area (Å²) in [6, 6.07) is 0. The van der Waals surface area contributed by atoms with Gasteiger partial charge in [0.2, 0.25) is 0 Å². The van der Waals surface area contributed by atoms with Crippen LogP contribution in [0.3, 0.4) is 0 Å². The van der Waals surface area contributed by atoms with E-state index in [1.807, 2.05) is 13.8 Å². The van der Waals surface area contributed by atoms with E-state index in [0.29, 0.717) is 0 Å². The summed E-state index contributed by atoms with van der Waals surface area (Å²) in [4.78, 5) is 9.03. The Morgan fingerprint density at radius 1 is 0.600 bits per heavy atom. The van der Waals surface area contributed by atoms with Gasteiger partial charge in [-0.05, 0) is 116 Å². The fourth-order valence-corrected chi connectivity index (χ4v) is 3.57. The molecule has 0 spiro atoms. The number of unbranched alkanes of at least 4 members (excludes halogenated alkanes) is 1. The molecule has 35 heavy (non-hydrogen) atoms. The van der Waals surface area contributed by atoms with Crippen LogP contribution in [-0.4, -0.2) is 133 Å². The zero-order valence-electron chi connectivity index (χ0n) is 26.1. The van der Waals surface area contributed by atoms with Gasteiger partial charge in [-0.2, -0.15) is 0 Å². The standard InChI is InChI=1S/C20H46N4O.C8H18O2/c1-19(11-15-21(3)4,12-16-22(5)6)25-20(2,13-17-23(7)8)14-18-24(9)10;1-4-6-7-10-8(3)9-5-2/h11-18H2,1-10H3;8H,4-7H2,1-3H3. The van der Waals surface area contributed by atoms with Gasteiger partial charge in [0.1, 0.15) is 0 Å². The Labute approximate surface area is 220 Å². The number of hydrogen-bond acceptors (Lipinski definition) is 7. The number of nitrogens with zero attached hydrogens (tertiary/aromatic N) is 4. The Kier molecular flexibility index (Phi) is 21.9. The smallest absolute Gasteiger partial charge is 0.154 e. The van der Waals surface area contributed by atoms with Crippen molar-refractivity contribution in [2.24, 2.45) is 0 Å². The van der Waals surface area contributed by atoms with Crippen molar-refractivity contribution >= 4 is 0 Å². The molecular formula is C28H64N4O3. The second-order valence-corrected chi connectivity index (χ2v) is 11.5. The molecule has 0 rings (SSSR count). The fourth-order valence-electron chi connectivity index (χ4n) is 3.57. The molecule has 1 unspecified atom stereocenters. The maximum Gasteiger partial charge on any atom is 0.154 e. The summed E-state index contributed by atoms with van der Waals surface area (Å²) in [5, 5.41) is 0. The van der Waals surface area contributed by atoms with E-state index in [-0.39, 0.29) is 17.5 Å². The molecule has 0 aromatic heterocycles. The first-order valence-electron chi connectivity index (χ1n) is 13.7. The van der Waals surface area contributed by atoms with Gasteiger partial charge in [-0.1, -0.05) is 13.3 Å². The maximum atomic E-state index is 6.92. The SMILES string of the molecule is CCCCOC(C)OCC.CN(C)CCC(C)(CCN(C)C)OC(C)(CCN(C)C)CCN(C)C. The first-order valence-corrected chi connectivity index (χ1v) is 13.7. The second-order valence-electron chi connectivity index (χ2n) is 11.5. The minimum Gasteiger partial charge on any atom is -0.369 e. The average Bonchev–Trinajstić information content (AvgIpc) is 2.75. The molecule has 0 N–H and O–H groups in total. The van der Waals surface area contributed by atoms with Gasteiger partial charge in [-0.15, -0.1) is 0 Å². The molecule has 0 aliphatic heterocycles. The minimum absolute atomic E-state index is 0.0310. The van der Waals surface area contributed by atoms with Crippen molar-refractivity contribution in [3.63, 3.8) is 0 Å². The molecule has 0 aliphatic carbocycles. The lowest BCUT2D eigenvalue weighted by Crippen LogP contribution is -2.46. The number of rotatable bonds is 20. The molecule has 0 amide bonds.